The van der Waals surface area contributed by atoms with Crippen molar-refractivity contribution in [2.45, 2.75) is 13.5 Å². The van der Waals surface area contributed by atoms with Crippen molar-refractivity contribution in [1.82, 2.24) is 9.88 Å². The van der Waals surface area contributed by atoms with Gasteiger partial charge in [-0.1, -0.05) is 12.1 Å². The number of nitrogens with zero attached hydrogens (tertiary/aromatic N) is 2. The van der Waals surface area contributed by atoms with E-state index in [1.807, 2.05) is 24.3 Å². The van der Waals surface area contributed by atoms with E-state index in [-0.39, 0.29) is 5.91 Å². The van der Waals surface area contributed by atoms with Crippen molar-refractivity contribution in [3.63, 3.8) is 0 Å². The molecule has 1 heterocycles. The topological polar surface area (TPSA) is 33.2 Å². The molecule has 1 aromatic carbocycles. The zero-order valence-corrected chi connectivity index (χ0v) is 9.47. The Morgan fingerprint density at radius 2 is 2.19 bits per heavy atom. The number of hydrogen-bond acceptors (Lipinski definition) is 2. The van der Waals surface area contributed by atoms with E-state index in [2.05, 4.69) is 11.1 Å². The number of amides is 1. The maximum Gasteiger partial charge on any atom is 0.219 e. The largest absolute Gasteiger partial charge is 0.342 e. The van der Waals surface area contributed by atoms with Crippen LogP contribution in [0, 0.1) is 0 Å². The van der Waals surface area contributed by atoms with Gasteiger partial charge in [-0.15, -0.1) is 0 Å². The van der Waals surface area contributed by atoms with Crippen molar-refractivity contribution >= 4 is 16.8 Å². The van der Waals surface area contributed by atoms with Crippen molar-refractivity contribution in [2.75, 3.05) is 7.05 Å². The van der Waals surface area contributed by atoms with Gasteiger partial charge in [-0.25, -0.2) is 0 Å². The van der Waals surface area contributed by atoms with Crippen LogP contribution in [-0.2, 0) is 11.3 Å². The molecule has 0 aliphatic carbocycles. The minimum absolute atomic E-state index is 0.0753. The van der Waals surface area contributed by atoms with Crippen LogP contribution in [-0.4, -0.2) is 22.8 Å². The lowest BCUT2D eigenvalue weighted by Gasteiger charge is -2.14. The van der Waals surface area contributed by atoms with Crippen molar-refractivity contribution in [1.29, 1.82) is 0 Å². The monoisotopic (exact) mass is 214 g/mol. The molecule has 0 saturated carbocycles. The summed E-state index contributed by atoms with van der Waals surface area (Å²) in [6.07, 6.45) is 1.78. The first-order valence-corrected chi connectivity index (χ1v) is 5.22. The Labute approximate surface area is 94.7 Å². The highest BCUT2D eigenvalue weighted by molar-refractivity contribution is 5.79. The fourth-order valence-electron chi connectivity index (χ4n) is 1.61. The predicted octanol–water partition coefficient (Wildman–Crippen LogP) is 2.21. The smallest absolute Gasteiger partial charge is 0.219 e. The molecule has 3 nitrogen and oxygen atoms in total. The molecule has 0 radical (unpaired) electrons. The van der Waals surface area contributed by atoms with E-state index >= 15 is 0 Å². The Hall–Kier alpha value is -1.90. The van der Waals surface area contributed by atoms with Gasteiger partial charge in [-0.05, 0) is 23.8 Å². The van der Waals surface area contributed by atoms with Gasteiger partial charge in [0.15, 0.2) is 0 Å². The third kappa shape index (κ3) is 2.19. The van der Waals surface area contributed by atoms with Gasteiger partial charge >= 0.3 is 0 Å². The van der Waals surface area contributed by atoms with Gasteiger partial charge < -0.3 is 4.90 Å². The number of pyridine rings is 1. The maximum absolute atomic E-state index is 11.1. The Kier molecular flexibility index (Phi) is 2.86. The molecule has 0 atom stereocenters. The van der Waals surface area contributed by atoms with E-state index in [1.54, 1.807) is 25.1 Å². The number of rotatable bonds is 2. The molecule has 0 spiro atoms. The van der Waals surface area contributed by atoms with Crippen molar-refractivity contribution in [3.05, 3.63) is 42.1 Å². The first-order chi connectivity index (χ1) is 7.66. The van der Waals surface area contributed by atoms with E-state index < -0.39 is 0 Å². The second kappa shape index (κ2) is 4.31. The molecular weight excluding hydrogens is 200 g/mol. The minimum atomic E-state index is 0.0753. The molecule has 0 aliphatic heterocycles. The van der Waals surface area contributed by atoms with E-state index in [9.17, 15) is 4.79 Å². The van der Waals surface area contributed by atoms with Crippen LogP contribution in [0.5, 0.6) is 0 Å². The van der Waals surface area contributed by atoms with E-state index in [0.717, 1.165) is 16.5 Å². The minimum Gasteiger partial charge on any atom is -0.342 e. The Morgan fingerprint density at radius 3 is 2.94 bits per heavy atom. The lowest BCUT2D eigenvalue weighted by Crippen LogP contribution is -2.22. The number of hydrogen-bond donors (Lipinski definition) is 0. The van der Waals surface area contributed by atoms with Crippen LogP contribution < -0.4 is 0 Å². The van der Waals surface area contributed by atoms with Crippen LogP contribution in [0.3, 0.4) is 0 Å². The number of carbonyl (C=O) groups excluding carboxylic acids is 1. The van der Waals surface area contributed by atoms with Gasteiger partial charge in [0.1, 0.15) is 0 Å². The summed E-state index contributed by atoms with van der Waals surface area (Å²) in [6, 6.07) is 10.0. The number of benzene rings is 1. The SMILES string of the molecule is CC(=O)N(C)Cc1ccc2ncccc2c1. The second-order valence-electron chi connectivity index (χ2n) is 3.91. The van der Waals surface area contributed by atoms with Gasteiger partial charge in [0, 0.05) is 32.1 Å². The van der Waals surface area contributed by atoms with E-state index in [1.165, 1.54) is 0 Å². The zero-order valence-electron chi connectivity index (χ0n) is 9.47. The normalized spacial score (nSPS) is 10.4. The fraction of sp³-hybridized carbons (Fsp3) is 0.231. The quantitative estimate of drug-likeness (QED) is 0.768. The molecule has 2 rings (SSSR count). The molecule has 0 saturated heterocycles. The molecule has 1 amide bonds. The summed E-state index contributed by atoms with van der Waals surface area (Å²) in [5.41, 5.74) is 2.11. The average Bonchev–Trinajstić information content (AvgIpc) is 2.28. The van der Waals surface area contributed by atoms with Crippen LogP contribution in [0.4, 0.5) is 0 Å². The van der Waals surface area contributed by atoms with Gasteiger partial charge in [0.25, 0.3) is 0 Å². The van der Waals surface area contributed by atoms with Crippen molar-refractivity contribution < 1.29 is 4.79 Å². The second-order valence-corrected chi connectivity index (χ2v) is 3.91. The average molecular weight is 214 g/mol. The third-order valence-corrected chi connectivity index (χ3v) is 2.62. The summed E-state index contributed by atoms with van der Waals surface area (Å²) in [4.78, 5) is 17.1. The van der Waals surface area contributed by atoms with E-state index in [4.69, 9.17) is 0 Å². The first-order valence-electron chi connectivity index (χ1n) is 5.22. The number of fused-ring (bicyclic) bond motifs is 1. The van der Waals surface area contributed by atoms with Crippen LogP contribution in [0.2, 0.25) is 0 Å². The van der Waals surface area contributed by atoms with Gasteiger partial charge in [0.2, 0.25) is 5.91 Å². The summed E-state index contributed by atoms with van der Waals surface area (Å²) < 4.78 is 0. The molecule has 1 aromatic heterocycles. The molecule has 0 aliphatic rings. The Morgan fingerprint density at radius 1 is 1.38 bits per heavy atom. The molecule has 0 N–H and O–H groups in total. The first kappa shape index (κ1) is 10.6. The molecule has 3 heteroatoms. The summed E-state index contributed by atoms with van der Waals surface area (Å²) in [6.45, 7) is 2.21. The standard InChI is InChI=1S/C13H14N2O/c1-10(16)15(2)9-11-5-6-13-12(8-11)4-3-7-14-13/h3-8H,9H2,1-2H3. The van der Waals surface area contributed by atoms with Crippen molar-refractivity contribution in [2.24, 2.45) is 0 Å². The molecule has 2 aromatic rings. The summed E-state index contributed by atoms with van der Waals surface area (Å²) >= 11 is 0. The molecule has 0 fully saturated rings. The molecule has 16 heavy (non-hydrogen) atoms. The summed E-state index contributed by atoms with van der Waals surface area (Å²) in [7, 11) is 1.80. The number of carbonyl (C=O) groups is 1. The molecule has 0 unspecified atom stereocenters. The highest BCUT2D eigenvalue weighted by Gasteiger charge is 2.03. The third-order valence-electron chi connectivity index (χ3n) is 2.62. The van der Waals surface area contributed by atoms with Crippen molar-refractivity contribution in [3.8, 4) is 0 Å². The zero-order chi connectivity index (χ0) is 11.5. The van der Waals surface area contributed by atoms with Crippen LogP contribution in [0.15, 0.2) is 36.5 Å². The molecule has 82 valence electrons. The Bertz CT molecular complexity index is 522. The lowest BCUT2D eigenvalue weighted by molar-refractivity contribution is -0.128. The highest BCUT2D eigenvalue weighted by Crippen LogP contribution is 2.14. The van der Waals surface area contributed by atoms with Crippen LogP contribution in [0.1, 0.15) is 12.5 Å². The van der Waals surface area contributed by atoms with Crippen LogP contribution >= 0.6 is 0 Å². The summed E-state index contributed by atoms with van der Waals surface area (Å²) in [5, 5.41) is 1.11. The van der Waals surface area contributed by atoms with Gasteiger partial charge in [0.05, 0.1) is 5.52 Å². The maximum atomic E-state index is 11.1. The lowest BCUT2D eigenvalue weighted by atomic mass is 10.1. The van der Waals surface area contributed by atoms with Gasteiger partial charge in [-0.2, -0.15) is 0 Å². The van der Waals surface area contributed by atoms with Crippen LogP contribution in [0.25, 0.3) is 10.9 Å². The molecular formula is C13H14N2O. The summed E-state index contributed by atoms with van der Waals surface area (Å²) in [5.74, 6) is 0.0753. The predicted molar refractivity (Wildman–Crippen MR) is 63.9 cm³/mol. The van der Waals surface area contributed by atoms with Gasteiger partial charge in [-0.3, -0.25) is 9.78 Å². The fourth-order valence-corrected chi connectivity index (χ4v) is 1.61. The molecule has 0 bridgehead atoms. The Balaban J connectivity index is 2.29. The highest BCUT2D eigenvalue weighted by atomic mass is 16.2. The van der Waals surface area contributed by atoms with E-state index in [0.29, 0.717) is 6.54 Å². The number of aromatic nitrogens is 1.